The van der Waals surface area contributed by atoms with E-state index in [-0.39, 0.29) is 24.5 Å². The van der Waals surface area contributed by atoms with Crippen molar-refractivity contribution in [2.45, 2.75) is 32.9 Å². The fourth-order valence-corrected chi connectivity index (χ4v) is 1.90. The van der Waals surface area contributed by atoms with Crippen molar-refractivity contribution in [1.29, 1.82) is 0 Å². The number of carbonyl (C=O) groups excluding carboxylic acids is 1. The molecule has 1 rings (SSSR count). The summed E-state index contributed by atoms with van der Waals surface area (Å²) in [6, 6.07) is 8.00. The largest absolute Gasteiger partial charge is 0.344 e. The molecule has 0 heterocycles. The second-order valence-corrected chi connectivity index (χ2v) is 4.39. The van der Waals surface area contributed by atoms with Gasteiger partial charge in [-0.05, 0) is 31.9 Å². The Labute approximate surface area is 109 Å². The van der Waals surface area contributed by atoms with E-state index >= 15 is 0 Å². The van der Waals surface area contributed by atoms with E-state index in [1.54, 1.807) is 0 Å². The number of rotatable bonds is 5. The Balaban J connectivity index is 2.60. The van der Waals surface area contributed by atoms with Gasteiger partial charge in [-0.2, -0.15) is 0 Å². The topological polar surface area (TPSA) is 41.1 Å². The predicted octanol–water partition coefficient (Wildman–Crippen LogP) is 1.78. The van der Waals surface area contributed by atoms with Crippen LogP contribution in [0.25, 0.3) is 0 Å². The maximum absolute atomic E-state index is 11.7. The van der Waals surface area contributed by atoms with Gasteiger partial charge in [0.15, 0.2) is 0 Å². The number of hydrogen-bond donors (Lipinski definition) is 2. The molecule has 0 saturated carbocycles. The average molecular weight is 244 g/mol. The molecule has 18 heavy (non-hydrogen) atoms. The zero-order chi connectivity index (χ0) is 13.5. The third-order valence-corrected chi connectivity index (χ3v) is 2.91. The van der Waals surface area contributed by atoms with E-state index in [1.165, 1.54) is 11.1 Å². The third-order valence-electron chi connectivity index (χ3n) is 2.91. The van der Waals surface area contributed by atoms with Crippen LogP contribution in [0.2, 0.25) is 0 Å². The molecule has 2 atom stereocenters. The van der Waals surface area contributed by atoms with Gasteiger partial charge in [-0.3, -0.25) is 10.1 Å². The Morgan fingerprint density at radius 3 is 2.67 bits per heavy atom. The molecule has 0 aliphatic rings. The minimum Gasteiger partial charge on any atom is -0.344 e. The summed E-state index contributed by atoms with van der Waals surface area (Å²) in [4.78, 5) is 11.7. The van der Waals surface area contributed by atoms with Gasteiger partial charge in [0.2, 0.25) is 5.91 Å². The smallest absolute Gasteiger partial charge is 0.237 e. The molecule has 0 aliphatic carbocycles. The summed E-state index contributed by atoms with van der Waals surface area (Å²) < 4.78 is 0. The normalized spacial score (nSPS) is 13.4. The first kappa shape index (κ1) is 14.3. The lowest BCUT2D eigenvalue weighted by Crippen LogP contribution is -2.43. The van der Waals surface area contributed by atoms with E-state index in [9.17, 15) is 4.79 Å². The molecule has 0 saturated heterocycles. The van der Waals surface area contributed by atoms with E-state index in [4.69, 9.17) is 6.42 Å². The Hall–Kier alpha value is -1.79. The number of amides is 1. The minimum atomic E-state index is -0.270. The number of terminal acetylenes is 1. The number of hydrogen-bond acceptors (Lipinski definition) is 2. The summed E-state index contributed by atoms with van der Waals surface area (Å²) in [5, 5.41) is 5.93. The van der Waals surface area contributed by atoms with Gasteiger partial charge in [0.1, 0.15) is 0 Å². The fourth-order valence-electron chi connectivity index (χ4n) is 1.90. The number of aryl methyl sites for hydroxylation is 1. The Kier molecular flexibility index (Phi) is 5.41. The Bertz CT molecular complexity index is 448. The highest BCUT2D eigenvalue weighted by Gasteiger charge is 2.16. The van der Waals surface area contributed by atoms with E-state index in [0.29, 0.717) is 0 Å². The van der Waals surface area contributed by atoms with Crippen LogP contribution in [-0.2, 0) is 4.79 Å². The maximum atomic E-state index is 11.7. The third kappa shape index (κ3) is 3.90. The molecule has 1 amide bonds. The molecular weight excluding hydrogens is 224 g/mol. The van der Waals surface area contributed by atoms with Gasteiger partial charge in [-0.15, -0.1) is 6.42 Å². The standard InChI is InChI=1S/C15H20N2O/c1-5-10-16-15(18)13(4)17-12(3)14-9-7-6-8-11(14)2/h1,6-9,12-13,17H,10H2,2-4H3,(H,16,18). The van der Waals surface area contributed by atoms with Gasteiger partial charge >= 0.3 is 0 Å². The molecular formula is C15H20N2O. The molecule has 1 aromatic carbocycles. The van der Waals surface area contributed by atoms with Crippen molar-refractivity contribution in [1.82, 2.24) is 10.6 Å². The first-order chi connectivity index (χ1) is 8.56. The van der Waals surface area contributed by atoms with Crippen LogP contribution in [0, 0.1) is 19.3 Å². The molecule has 0 spiro atoms. The van der Waals surface area contributed by atoms with Gasteiger partial charge in [0.25, 0.3) is 0 Å². The Morgan fingerprint density at radius 2 is 2.06 bits per heavy atom. The molecule has 2 unspecified atom stereocenters. The molecule has 1 aromatic rings. The molecule has 0 radical (unpaired) electrons. The highest BCUT2D eigenvalue weighted by atomic mass is 16.2. The van der Waals surface area contributed by atoms with Crippen LogP contribution in [0.1, 0.15) is 31.0 Å². The second kappa shape index (κ2) is 6.83. The Morgan fingerprint density at radius 1 is 1.39 bits per heavy atom. The van der Waals surface area contributed by atoms with E-state index in [0.717, 1.165) is 0 Å². The van der Waals surface area contributed by atoms with E-state index in [1.807, 2.05) is 26.0 Å². The summed E-state index contributed by atoms with van der Waals surface area (Å²) in [5.74, 6) is 2.31. The monoisotopic (exact) mass is 244 g/mol. The van der Waals surface area contributed by atoms with Crippen molar-refractivity contribution >= 4 is 5.91 Å². The van der Waals surface area contributed by atoms with Crippen LogP contribution in [0.3, 0.4) is 0 Å². The molecule has 0 aromatic heterocycles. The van der Waals surface area contributed by atoms with E-state index in [2.05, 4.69) is 35.6 Å². The summed E-state index contributed by atoms with van der Waals surface area (Å²) >= 11 is 0. The molecule has 2 N–H and O–H groups in total. The lowest BCUT2D eigenvalue weighted by Gasteiger charge is -2.21. The van der Waals surface area contributed by atoms with Crippen molar-refractivity contribution in [3.8, 4) is 12.3 Å². The highest BCUT2D eigenvalue weighted by molar-refractivity contribution is 5.81. The first-order valence-electron chi connectivity index (χ1n) is 6.09. The maximum Gasteiger partial charge on any atom is 0.237 e. The quantitative estimate of drug-likeness (QED) is 0.775. The number of carbonyl (C=O) groups is 1. The summed E-state index contributed by atoms with van der Waals surface area (Å²) in [7, 11) is 0. The van der Waals surface area contributed by atoms with Gasteiger partial charge in [-0.25, -0.2) is 0 Å². The molecule has 96 valence electrons. The van der Waals surface area contributed by atoms with Gasteiger partial charge < -0.3 is 5.32 Å². The molecule has 3 heteroatoms. The van der Waals surface area contributed by atoms with Gasteiger partial charge in [-0.1, -0.05) is 30.2 Å². The van der Waals surface area contributed by atoms with Crippen molar-refractivity contribution < 1.29 is 4.79 Å². The molecule has 0 aliphatic heterocycles. The zero-order valence-corrected chi connectivity index (χ0v) is 11.2. The van der Waals surface area contributed by atoms with Crippen LogP contribution >= 0.6 is 0 Å². The SMILES string of the molecule is C#CCNC(=O)C(C)NC(C)c1ccccc1C. The molecule has 0 bridgehead atoms. The lowest BCUT2D eigenvalue weighted by molar-refractivity contribution is -0.122. The summed E-state index contributed by atoms with van der Waals surface area (Å²) in [6.45, 7) is 6.22. The van der Waals surface area contributed by atoms with Gasteiger partial charge in [0.05, 0.1) is 12.6 Å². The van der Waals surface area contributed by atoms with Crippen LogP contribution < -0.4 is 10.6 Å². The van der Waals surface area contributed by atoms with Crippen LogP contribution in [0.15, 0.2) is 24.3 Å². The summed E-state index contributed by atoms with van der Waals surface area (Å²) in [6.07, 6.45) is 5.10. The summed E-state index contributed by atoms with van der Waals surface area (Å²) in [5.41, 5.74) is 2.42. The van der Waals surface area contributed by atoms with E-state index < -0.39 is 0 Å². The number of benzene rings is 1. The van der Waals surface area contributed by atoms with Gasteiger partial charge in [0, 0.05) is 6.04 Å². The lowest BCUT2D eigenvalue weighted by atomic mass is 10.0. The van der Waals surface area contributed by atoms with Crippen molar-refractivity contribution in [2.24, 2.45) is 0 Å². The van der Waals surface area contributed by atoms with Crippen molar-refractivity contribution in [3.05, 3.63) is 35.4 Å². The zero-order valence-electron chi connectivity index (χ0n) is 11.2. The molecule has 3 nitrogen and oxygen atoms in total. The van der Waals surface area contributed by atoms with Crippen LogP contribution in [0.5, 0.6) is 0 Å². The highest BCUT2D eigenvalue weighted by Crippen LogP contribution is 2.17. The predicted molar refractivity (Wildman–Crippen MR) is 74.0 cm³/mol. The average Bonchev–Trinajstić information content (AvgIpc) is 2.36. The molecule has 0 fully saturated rings. The minimum absolute atomic E-state index is 0.0756. The van der Waals surface area contributed by atoms with Crippen LogP contribution in [-0.4, -0.2) is 18.5 Å². The van der Waals surface area contributed by atoms with Crippen molar-refractivity contribution in [2.75, 3.05) is 6.54 Å². The van der Waals surface area contributed by atoms with Crippen molar-refractivity contribution in [3.63, 3.8) is 0 Å². The second-order valence-electron chi connectivity index (χ2n) is 4.39. The fraction of sp³-hybridized carbons (Fsp3) is 0.400. The van der Waals surface area contributed by atoms with Crippen LogP contribution in [0.4, 0.5) is 0 Å². The number of nitrogens with one attached hydrogen (secondary N) is 2. The first-order valence-corrected chi connectivity index (χ1v) is 6.09.